The number of fused-ring (bicyclic) bond motifs is 1. The van der Waals surface area contributed by atoms with E-state index in [2.05, 4.69) is 25.9 Å². The summed E-state index contributed by atoms with van der Waals surface area (Å²) in [5.41, 5.74) is 0.483. The molecule has 5 nitrogen and oxygen atoms in total. The zero-order chi connectivity index (χ0) is 14.0. The fraction of sp³-hybridized carbons (Fsp3) is 0.333. The molecule has 0 saturated heterocycles. The number of carbonyl (C=O) groups excluding carboxylic acids is 2. The number of ketones is 2. The van der Waals surface area contributed by atoms with Crippen LogP contribution in [0.1, 0.15) is 29.6 Å². The van der Waals surface area contributed by atoms with Gasteiger partial charge in [0.15, 0.2) is 16.4 Å². The largest absolute Gasteiger partial charge is 0.480 e. The molecule has 0 saturated carbocycles. The molecule has 19 heavy (non-hydrogen) atoms. The van der Waals surface area contributed by atoms with Crippen LogP contribution in [0.5, 0.6) is 5.88 Å². The average molecular weight is 343 g/mol. The number of rotatable bonds is 5. The molecule has 0 bridgehead atoms. The first-order valence-corrected chi connectivity index (χ1v) is 7.16. The van der Waals surface area contributed by atoms with Crippen LogP contribution in [-0.2, 0) is 4.79 Å². The minimum Gasteiger partial charge on any atom is -0.480 e. The molecule has 0 N–H and O–H groups in total. The van der Waals surface area contributed by atoms with Crippen molar-refractivity contribution in [2.24, 2.45) is 0 Å². The lowest BCUT2D eigenvalue weighted by Gasteiger charge is -1.99. The fourth-order valence-corrected chi connectivity index (χ4v) is 3.03. The molecule has 0 aliphatic carbocycles. The maximum atomic E-state index is 11.9. The molecule has 0 fully saturated rings. The Labute approximate surface area is 122 Å². The fourth-order valence-electron chi connectivity index (χ4n) is 1.48. The smallest absolute Gasteiger partial charge is 0.229 e. The maximum Gasteiger partial charge on any atom is 0.229 e. The molecular formula is C12H11BrN2O3S. The van der Waals surface area contributed by atoms with E-state index in [4.69, 9.17) is 4.74 Å². The molecule has 0 aromatic carbocycles. The Morgan fingerprint density at radius 1 is 1.37 bits per heavy atom. The quantitative estimate of drug-likeness (QED) is 0.781. The Hall–Kier alpha value is -1.34. The van der Waals surface area contributed by atoms with E-state index >= 15 is 0 Å². The third-order valence-electron chi connectivity index (χ3n) is 2.44. The molecule has 100 valence electrons. The number of thiazole rings is 1. The molecular weight excluding hydrogens is 332 g/mol. The summed E-state index contributed by atoms with van der Waals surface area (Å²) in [4.78, 5) is 31.1. The number of halogens is 1. The second-order valence-corrected chi connectivity index (χ2v) is 5.83. The number of nitrogens with zero attached hydrogens (tertiary/aromatic N) is 2. The van der Waals surface area contributed by atoms with Crippen LogP contribution in [0, 0.1) is 0 Å². The van der Waals surface area contributed by atoms with Gasteiger partial charge in [0.25, 0.3) is 0 Å². The SMILES string of the molecule is COc1nc2nc(C(=O)CCC(C)=O)sc2cc1Br. The Morgan fingerprint density at radius 2 is 2.11 bits per heavy atom. The number of aromatic nitrogens is 2. The van der Waals surface area contributed by atoms with Crippen molar-refractivity contribution >= 4 is 49.2 Å². The number of hydrogen-bond acceptors (Lipinski definition) is 6. The van der Waals surface area contributed by atoms with E-state index in [-0.39, 0.29) is 24.4 Å². The average Bonchev–Trinajstić information content (AvgIpc) is 2.77. The summed E-state index contributed by atoms with van der Waals surface area (Å²) in [5.74, 6) is 0.297. The highest BCUT2D eigenvalue weighted by atomic mass is 79.9. The molecule has 2 rings (SSSR count). The molecule has 0 amide bonds. The highest BCUT2D eigenvalue weighted by Crippen LogP contribution is 2.30. The van der Waals surface area contributed by atoms with Crippen molar-refractivity contribution in [3.05, 3.63) is 15.5 Å². The number of pyridine rings is 1. The number of Topliss-reactive ketones (excluding diaryl/α,β-unsaturated/α-hetero) is 2. The van der Waals surface area contributed by atoms with Crippen LogP contribution in [-0.4, -0.2) is 28.6 Å². The minimum absolute atomic E-state index is 0.00278. The van der Waals surface area contributed by atoms with Gasteiger partial charge in [-0.25, -0.2) is 4.98 Å². The molecule has 0 unspecified atom stereocenters. The zero-order valence-electron chi connectivity index (χ0n) is 10.4. The second kappa shape index (κ2) is 5.75. The molecule has 0 radical (unpaired) electrons. The van der Waals surface area contributed by atoms with Gasteiger partial charge < -0.3 is 9.53 Å². The lowest BCUT2D eigenvalue weighted by atomic mass is 10.2. The van der Waals surface area contributed by atoms with E-state index in [1.807, 2.05) is 6.07 Å². The zero-order valence-corrected chi connectivity index (χ0v) is 12.8. The molecule has 0 atom stereocenters. The summed E-state index contributed by atoms with van der Waals surface area (Å²) in [6.07, 6.45) is 0.433. The summed E-state index contributed by atoms with van der Waals surface area (Å²) in [7, 11) is 1.52. The molecule has 0 aliphatic rings. The lowest BCUT2D eigenvalue weighted by Crippen LogP contribution is -2.01. The highest BCUT2D eigenvalue weighted by molar-refractivity contribution is 9.10. The summed E-state index contributed by atoms with van der Waals surface area (Å²) < 4.78 is 6.60. The van der Waals surface area contributed by atoms with Gasteiger partial charge in [-0.05, 0) is 28.9 Å². The van der Waals surface area contributed by atoms with Crippen LogP contribution in [0.3, 0.4) is 0 Å². The van der Waals surface area contributed by atoms with Crippen molar-refractivity contribution in [2.75, 3.05) is 7.11 Å². The Balaban J connectivity index is 2.31. The first-order chi connectivity index (χ1) is 9.01. The standard InChI is InChI=1S/C12H11BrN2O3S/c1-6(16)3-4-8(17)12-15-10-9(19-12)5-7(13)11(14-10)18-2/h5H,3-4H2,1-2H3. The van der Waals surface area contributed by atoms with Crippen molar-refractivity contribution in [3.8, 4) is 5.88 Å². The molecule has 2 aromatic rings. The topological polar surface area (TPSA) is 69.2 Å². The maximum absolute atomic E-state index is 11.9. The number of carbonyl (C=O) groups is 2. The molecule has 2 aromatic heterocycles. The summed E-state index contributed by atoms with van der Waals surface area (Å²) in [6, 6.07) is 1.82. The highest BCUT2D eigenvalue weighted by Gasteiger charge is 2.15. The monoisotopic (exact) mass is 342 g/mol. The van der Waals surface area contributed by atoms with Gasteiger partial charge in [0.2, 0.25) is 5.88 Å². The minimum atomic E-state index is -0.131. The Kier molecular flexibility index (Phi) is 4.26. The Morgan fingerprint density at radius 3 is 2.74 bits per heavy atom. The molecule has 0 aliphatic heterocycles. The van der Waals surface area contributed by atoms with Crippen molar-refractivity contribution in [2.45, 2.75) is 19.8 Å². The van der Waals surface area contributed by atoms with E-state index in [1.165, 1.54) is 25.4 Å². The summed E-state index contributed by atoms with van der Waals surface area (Å²) in [5, 5.41) is 0.379. The van der Waals surface area contributed by atoms with Crippen LogP contribution in [0.2, 0.25) is 0 Å². The molecule has 0 spiro atoms. The second-order valence-electron chi connectivity index (χ2n) is 3.95. The van der Waals surface area contributed by atoms with Gasteiger partial charge in [-0.1, -0.05) is 0 Å². The van der Waals surface area contributed by atoms with Crippen LogP contribution in [0.25, 0.3) is 10.3 Å². The van der Waals surface area contributed by atoms with E-state index in [1.54, 1.807) is 0 Å². The van der Waals surface area contributed by atoms with E-state index in [0.717, 1.165) is 4.70 Å². The van der Waals surface area contributed by atoms with Gasteiger partial charge in [0.05, 0.1) is 16.3 Å². The number of ether oxygens (including phenoxy) is 1. The van der Waals surface area contributed by atoms with Crippen LogP contribution < -0.4 is 4.74 Å². The van der Waals surface area contributed by atoms with Crippen LogP contribution in [0.15, 0.2) is 10.5 Å². The van der Waals surface area contributed by atoms with Gasteiger partial charge in [-0.15, -0.1) is 11.3 Å². The Bertz CT molecular complexity index is 654. The van der Waals surface area contributed by atoms with E-state index < -0.39 is 0 Å². The summed E-state index contributed by atoms with van der Waals surface area (Å²) in [6.45, 7) is 1.47. The van der Waals surface area contributed by atoms with Crippen molar-refractivity contribution < 1.29 is 14.3 Å². The number of methoxy groups -OCH3 is 1. The first kappa shape index (κ1) is 14.1. The van der Waals surface area contributed by atoms with Crippen LogP contribution >= 0.6 is 27.3 Å². The van der Waals surface area contributed by atoms with E-state index in [9.17, 15) is 9.59 Å². The number of hydrogen-bond donors (Lipinski definition) is 0. The third kappa shape index (κ3) is 3.16. The third-order valence-corrected chi connectivity index (χ3v) is 4.04. The lowest BCUT2D eigenvalue weighted by molar-refractivity contribution is -0.116. The molecule has 7 heteroatoms. The van der Waals surface area contributed by atoms with Crippen LogP contribution in [0.4, 0.5) is 0 Å². The predicted molar refractivity (Wildman–Crippen MR) is 75.9 cm³/mol. The predicted octanol–water partition coefficient (Wildman–Crippen LogP) is 3.01. The van der Waals surface area contributed by atoms with Crippen molar-refractivity contribution in [1.82, 2.24) is 9.97 Å². The van der Waals surface area contributed by atoms with Gasteiger partial charge in [0.1, 0.15) is 5.78 Å². The van der Waals surface area contributed by atoms with Gasteiger partial charge in [-0.3, -0.25) is 4.79 Å². The van der Waals surface area contributed by atoms with Gasteiger partial charge in [0, 0.05) is 12.8 Å². The van der Waals surface area contributed by atoms with Gasteiger partial charge in [-0.2, -0.15) is 4.98 Å². The van der Waals surface area contributed by atoms with E-state index in [0.29, 0.717) is 21.0 Å². The molecule has 2 heterocycles. The normalized spacial score (nSPS) is 10.7. The van der Waals surface area contributed by atoms with Gasteiger partial charge >= 0.3 is 0 Å². The van der Waals surface area contributed by atoms with Crippen molar-refractivity contribution in [3.63, 3.8) is 0 Å². The summed E-state index contributed by atoms with van der Waals surface area (Å²) >= 11 is 4.61. The first-order valence-electron chi connectivity index (χ1n) is 5.55. The van der Waals surface area contributed by atoms with Crippen molar-refractivity contribution in [1.29, 1.82) is 0 Å².